The summed E-state index contributed by atoms with van der Waals surface area (Å²) in [4.78, 5) is 12.4. The topological polar surface area (TPSA) is 35.5 Å². The van der Waals surface area contributed by atoms with E-state index in [0.717, 1.165) is 19.4 Å². The van der Waals surface area contributed by atoms with Crippen LogP contribution >= 0.6 is 0 Å². The number of carbonyl (C=O) groups is 1. The van der Waals surface area contributed by atoms with Gasteiger partial charge in [0.05, 0.1) is 12.7 Å². The zero-order chi connectivity index (χ0) is 26.9. The average Bonchev–Trinajstić information content (AvgIpc) is 2.80. The van der Waals surface area contributed by atoms with Crippen molar-refractivity contribution < 1.29 is 14.3 Å². The van der Waals surface area contributed by atoms with Crippen molar-refractivity contribution in [3.8, 4) is 0 Å². The van der Waals surface area contributed by atoms with Crippen LogP contribution in [0.1, 0.15) is 120 Å². The van der Waals surface area contributed by atoms with Crippen molar-refractivity contribution in [3.63, 3.8) is 0 Å². The summed E-state index contributed by atoms with van der Waals surface area (Å²) in [5.41, 5.74) is 3.06. The standard InChI is InChI=1S/C34H54O3/c1-28(2)18-22(20-35)30(5)16-17-33(8)23(24(30)19-28)10-11-26-31(6)14-13-27-32(7,21-36-29(3,4)37-27)25(31)12-15-34(26,33)9/h10,20,22,24-27H,11-19,21H2,1-9H3/t22?,24-,25?,26-,27?,30+,31+,32+,33-,34-/m1/s1. The van der Waals surface area contributed by atoms with E-state index < -0.39 is 5.79 Å². The molecule has 6 rings (SSSR count). The molecule has 0 radical (unpaired) electrons. The molecule has 0 aromatic rings. The van der Waals surface area contributed by atoms with Gasteiger partial charge in [0.15, 0.2) is 5.79 Å². The van der Waals surface area contributed by atoms with Crippen LogP contribution in [0.2, 0.25) is 0 Å². The summed E-state index contributed by atoms with van der Waals surface area (Å²) in [7, 11) is 0. The van der Waals surface area contributed by atoms with E-state index in [0.29, 0.717) is 34.7 Å². The lowest BCUT2D eigenvalue weighted by atomic mass is 9.33. The fourth-order valence-corrected chi connectivity index (χ4v) is 11.9. The van der Waals surface area contributed by atoms with Gasteiger partial charge in [0.1, 0.15) is 6.29 Å². The quantitative estimate of drug-likeness (QED) is 0.262. The number of fused-ring (bicyclic) bond motifs is 9. The first-order valence-corrected chi connectivity index (χ1v) is 15.5. The third kappa shape index (κ3) is 3.34. The Balaban J connectivity index is 1.39. The molecule has 208 valence electrons. The lowest BCUT2D eigenvalue weighted by Crippen LogP contribution is -2.67. The Morgan fingerprint density at radius 3 is 2.24 bits per heavy atom. The maximum Gasteiger partial charge on any atom is 0.163 e. The van der Waals surface area contributed by atoms with Crippen LogP contribution in [0.25, 0.3) is 0 Å². The van der Waals surface area contributed by atoms with Gasteiger partial charge >= 0.3 is 0 Å². The Bertz CT molecular complexity index is 1010. The van der Waals surface area contributed by atoms with Gasteiger partial charge in [-0.2, -0.15) is 0 Å². The molecule has 0 N–H and O–H groups in total. The van der Waals surface area contributed by atoms with Crippen molar-refractivity contribution in [1.82, 2.24) is 0 Å². The van der Waals surface area contributed by atoms with Crippen LogP contribution in [0.5, 0.6) is 0 Å². The molecule has 0 bridgehead atoms. The molecule has 0 aromatic heterocycles. The fourth-order valence-electron chi connectivity index (χ4n) is 11.9. The molecular formula is C34H54O3. The summed E-state index contributed by atoms with van der Waals surface area (Å²) >= 11 is 0. The Morgan fingerprint density at radius 2 is 1.54 bits per heavy atom. The van der Waals surface area contributed by atoms with Gasteiger partial charge < -0.3 is 14.3 Å². The fraction of sp³-hybridized carbons (Fsp3) is 0.912. The normalized spacial score (nSPS) is 55.9. The monoisotopic (exact) mass is 510 g/mol. The molecule has 1 aliphatic heterocycles. The Kier molecular flexibility index (Phi) is 5.56. The Morgan fingerprint density at radius 1 is 0.811 bits per heavy atom. The Hall–Kier alpha value is -0.670. The van der Waals surface area contributed by atoms with Crippen molar-refractivity contribution in [2.75, 3.05) is 6.61 Å². The highest BCUT2D eigenvalue weighted by atomic mass is 16.7. The van der Waals surface area contributed by atoms with E-state index in [1.165, 1.54) is 51.2 Å². The molecule has 3 heteroatoms. The first-order valence-electron chi connectivity index (χ1n) is 15.5. The summed E-state index contributed by atoms with van der Waals surface area (Å²) in [5.74, 6) is 1.62. The lowest BCUT2D eigenvalue weighted by molar-refractivity contribution is -0.351. The van der Waals surface area contributed by atoms with Crippen molar-refractivity contribution in [1.29, 1.82) is 0 Å². The maximum absolute atomic E-state index is 12.4. The van der Waals surface area contributed by atoms with Gasteiger partial charge in [0, 0.05) is 11.3 Å². The second kappa shape index (κ2) is 7.74. The van der Waals surface area contributed by atoms with Crippen LogP contribution in [-0.2, 0) is 14.3 Å². The molecule has 1 saturated heterocycles. The minimum absolute atomic E-state index is 0.102. The second-order valence-electron chi connectivity index (χ2n) is 17.0. The smallest absolute Gasteiger partial charge is 0.163 e. The summed E-state index contributed by atoms with van der Waals surface area (Å²) < 4.78 is 12.9. The van der Waals surface area contributed by atoms with Gasteiger partial charge in [-0.05, 0) is 116 Å². The number of rotatable bonds is 1. The number of hydrogen-bond donors (Lipinski definition) is 0. The first kappa shape index (κ1) is 26.5. The first-order chi connectivity index (χ1) is 17.0. The predicted molar refractivity (Wildman–Crippen MR) is 149 cm³/mol. The van der Waals surface area contributed by atoms with Crippen molar-refractivity contribution in [2.24, 2.45) is 56.2 Å². The molecule has 3 unspecified atom stereocenters. The number of ether oxygens (including phenoxy) is 2. The molecule has 10 atom stereocenters. The predicted octanol–water partition coefficient (Wildman–Crippen LogP) is 8.36. The highest BCUT2D eigenvalue weighted by Crippen LogP contribution is 2.76. The third-order valence-electron chi connectivity index (χ3n) is 14.3. The van der Waals surface area contributed by atoms with Crippen LogP contribution in [0.15, 0.2) is 11.6 Å². The van der Waals surface area contributed by atoms with Gasteiger partial charge in [-0.3, -0.25) is 0 Å². The molecular weight excluding hydrogens is 456 g/mol. The molecule has 37 heavy (non-hydrogen) atoms. The SMILES string of the molecule is CC1(C)CC(C=O)[C@]2(C)CC[C@]3(C)C(=CC[C@@H]4[C@@]5(C)CCC6OC(C)(C)OC[C@@]6(C)C5CC[C@]43C)[C@H]2C1. The molecule has 4 saturated carbocycles. The zero-order valence-electron chi connectivity index (χ0n) is 25.3. The molecule has 0 spiro atoms. The van der Waals surface area contributed by atoms with Gasteiger partial charge in [0.25, 0.3) is 0 Å². The van der Waals surface area contributed by atoms with Crippen LogP contribution in [-0.4, -0.2) is 24.8 Å². The van der Waals surface area contributed by atoms with E-state index in [1.807, 2.05) is 0 Å². The summed E-state index contributed by atoms with van der Waals surface area (Å²) in [6, 6.07) is 0. The summed E-state index contributed by atoms with van der Waals surface area (Å²) in [5, 5.41) is 0. The van der Waals surface area contributed by atoms with Crippen LogP contribution < -0.4 is 0 Å². The van der Waals surface area contributed by atoms with Crippen LogP contribution in [0, 0.1) is 56.2 Å². The minimum atomic E-state index is -0.459. The van der Waals surface area contributed by atoms with Crippen molar-refractivity contribution in [3.05, 3.63) is 11.6 Å². The molecule has 6 aliphatic rings. The zero-order valence-corrected chi connectivity index (χ0v) is 25.3. The van der Waals surface area contributed by atoms with Gasteiger partial charge in [-0.25, -0.2) is 0 Å². The largest absolute Gasteiger partial charge is 0.350 e. The second-order valence-corrected chi connectivity index (χ2v) is 17.0. The van der Waals surface area contributed by atoms with Gasteiger partial charge in [0.2, 0.25) is 0 Å². The average molecular weight is 511 g/mol. The van der Waals surface area contributed by atoms with E-state index in [9.17, 15) is 4.79 Å². The summed E-state index contributed by atoms with van der Waals surface area (Å²) in [6.45, 7) is 22.8. The highest BCUT2D eigenvalue weighted by molar-refractivity contribution is 5.57. The molecule has 1 heterocycles. The van der Waals surface area contributed by atoms with Crippen LogP contribution in [0.4, 0.5) is 0 Å². The van der Waals surface area contributed by atoms with E-state index in [4.69, 9.17) is 9.47 Å². The number of carbonyl (C=O) groups excluding carboxylic acids is 1. The number of allylic oxidation sites excluding steroid dienone is 2. The number of aldehydes is 1. The summed E-state index contributed by atoms with van der Waals surface area (Å²) in [6.07, 6.45) is 15.3. The van der Waals surface area contributed by atoms with Crippen molar-refractivity contribution >= 4 is 6.29 Å². The molecule has 5 aliphatic carbocycles. The van der Waals surface area contributed by atoms with E-state index in [-0.39, 0.29) is 27.6 Å². The lowest BCUT2D eigenvalue weighted by Gasteiger charge is -2.72. The highest BCUT2D eigenvalue weighted by Gasteiger charge is 2.70. The minimum Gasteiger partial charge on any atom is -0.350 e. The van der Waals surface area contributed by atoms with Gasteiger partial charge in [-0.1, -0.05) is 60.1 Å². The van der Waals surface area contributed by atoms with E-state index in [2.05, 4.69) is 68.4 Å². The third-order valence-corrected chi connectivity index (χ3v) is 14.3. The number of hydrogen-bond acceptors (Lipinski definition) is 3. The van der Waals surface area contributed by atoms with E-state index >= 15 is 0 Å². The van der Waals surface area contributed by atoms with E-state index in [1.54, 1.807) is 5.57 Å². The van der Waals surface area contributed by atoms with Crippen LogP contribution in [0.3, 0.4) is 0 Å². The van der Waals surface area contributed by atoms with Gasteiger partial charge in [-0.15, -0.1) is 0 Å². The Labute approximate surface area is 226 Å². The maximum atomic E-state index is 12.4. The molecule has 0 aromatic carbocycles. The molecule has 0 amide bonds. The van der Waals surface area contributed by atoms with Crippen molar-refractivity contribution in [2.45, 2.75) is 132 Å². The molecule has 3 nitrogen and oxygen atoms in total. The molecule has 5 fully saturated rings.